The van der Waals surface area contributed by atoms with Gasteiger partial charge in [0, 0.05) is 6.54 Å². The van der Waals surface area contributed by atoms with Crippen LogP contribution in [0.5, 0.6) is 0 Å². The Morgan fingerprint density at radius 3 is 2.73 bits per heavy atom. The molecule has 0 N–H and O–H groups in total. The fourth-order valence-electron chi connectivity index (χ4n) is 2.76. The summed E-state index contributed by atoms with van der Waals surface area (Å²) in [6, 6.07) is 8.85. The van der Waals surface area contributed by atoms with E-state index in [9.17, 15) is 9.59 Å². The number of nitrogens with zero attached hydrogens (tertiary/aromatic N) is 1. The number of methoxy groups -OCH3 is 1. The number of allylic oxidation sites excluding steroid dienone is 1. The van der Waals surface area contributed by atoms with E-state index in [4.69, 9.17) is 9.47 Å². The summed E-state index contributed by atoms with van der Waals surface area (Å²) in [5.74, 6) is -0.366. The topological polar surface area (TPSA) is 55.8 Å². The Kier molecular flexibility index (Phi) is 5.58. The maximum absolute atomic E-state index is 12.3. The van der Waals surface area contributed by atoms with Crippen molar-refractivity contribution in [2.45, 2.75) is 25.5 Å². The SMILES string of the molecule is C=CC[C@@H]1CCN(C(=O)OCc2ccccc2)[C@H]1C(=O)OC. The summed E-state index contributed by atoms with van der Waals surface area (Å²) in [6.45, 7) is 4.39. The normalized spacial score (nSPS) is 20.5. The van der Waals surface area contributed by atoms with E-state index in [-0.39, 0.29) is 12.5 Å². The third-order valence-corrected chi connectivity index (χ3v) is 3.87. The molecule has 0 aromatic heterocycles. The summed E-state index contributed by atoms with van der Waals surface area (Å²) in [5, 5.41) is 0. The van der Waals surface area contributed by atoms with Crippen LogP contribution in [0.1, 0.15) is 18.4 Å². The van der Waals surface area contributed by atoms with Crippen molar-refractivity contribution >= 4 is 12.1 Å². The number of ether oxygens (including phenoxy) is 2. The van der Waals surface area contributed by atoms with Crippen molar-refractivity contribution in [1.29, 1.82) is 0 Å². The lowest BCUT2D eigenvalue weighted by atomic mass is 9.97. The van der Waals surface area contributed by atoms with E-state index in [1.807, 2.05) is 30.3 Å². The third kappa shape index (κ3) is 3.67. The number of esters is 1. The summed E-state index contributed by atoms with van der Waals surface area (Å²) in [4.78, 5) is 25.7. The molecule has 1 aliphatic rings. The molecule has 0 spiro atoms. The Morgan fingerprint density at radius 2 is 2.09 bits per heavy atom. The zero-order valence-electron chi connectivity index (χ0n) is 12.7. The number of carbonyl (C=O) groups excluding carboxylic acids is 2. The number of rotatable bonds is 5. The highest BCUT2D eigenvalue weighted by Gasteiger charge is 2.42. The maximum Gasteiger partial charge on any atom is 0.410 e. The predicted molar refractivity (Wildman–Crippen MR) is 82.1 cm³/mol. The summed E-state index contributed by atoms with van der Waals surface area (Å²) >= 11 is 0. The monoisotopic (exact) mass is 303 g/mol. The summed E-state index contributed by atoms with van der Waals surface area (Å²) in [5.41, 5.74) is 0.910. The molecule has 1 fully saturated rings. The van der Waals surface area contributed by atoms with Crippen molar-refractivity contribution in [2.75, 3.05) is 13.7 Å². The fourth-order valence-corrected chi connectivity index (χ4v) is 2.76. The molecule has 1 aliphatic heterocycles. The van der Waals surface area contributed by atoms with Crippen molar-refractivity contribution in [3.05, 3.63) is 48.6 Å². The number of likely N-dealkylation sites (tertiary alicyclic amines) is 1. The Balaban J connectivity index is 2.00. The average molecular weight is 303 g/mol. The number of amides is 1. The lowest BCUT2D eigenvalue weighted by Gasteiger charge is -2.25. The molecule has 0 saturated carbocycles. The molecule has 1 aromatic rings. The van der Waals surface area contributed by atoms with E-state index < -0.39 is 18.1 Å². The van der Waals surface area contributed by atoms with Gasteiger partial charge in [0.1, 0.15) is 12.6 Å². The van der Waals surface area contributed by atoms with Crippen LogP contribution in [-0.2, 0) is 20.9 Å². The van der Waals surface area contributed by atoms with Gasteiger partial charge in [-0.1, -0.05) is 36.4 Å². The molecule has 5 heteroatoms. The van der Waals surface area contributed by atoms with Gasteiger partial charge in [0.15, 0.2) is 0 Å². The zero-order chi connectivity index (χ0) is 15.9. The van der Waals surface area contributed by atoms with Gasteiger partial charge in [-0.3, -0.25) is 4.90 Å². The Bertz CT molecular complexity index is 529. The molecule has 0 unspecified atom stereocenters. The molecule has 1 aromatic carbocycles. The van der Waals surface area contributed by atoms with Crippen LogP contribution in [0.25, 0.3) is 0 Å². The average Bonchev–Trinajstić information content (AvgIpc) is 2.97. The van der Waals surface area contributed by atoms with Gasteiger partial charge in [0.05, 0.1) is 7.11 Å². The van der Waals surface area contributed by atoms with Crippen LogP contribution in [0, 0.1) is 5.92 Å². The molecule has 1 amide bonds. The van der Waals surface area contributed by atoms with Gasteiger partial charge >= 0.3 is 12.1 Å². The molecule has 1 heterocycles. The molecule has 0 aliphatic carbocycles. The third-order valence-electron chi connectivity index (χ3n) is 3.87. The number of hydrogen-bond acceptors (Lipinski definition) is 4. The number of carbonyl (C=O) groups is 2. The lowest BCUT2D eigenvalue weighted by Crippen LogP contribution is -2.44. The van der Waals surface area contributed by atoms with Crippen LogP contribution >= 0.6 is 0 Å². The second kappa shape index (κ2) is 7.64. The van der Waals surface area contributed by atoms with Crippen molar-refractivity contribution in [2.24, 2.45) is 5.92 Å². The van der Waals surface area contributed by atoms with E-state index in [0.717, 1.165) is 12.0 Å². The second-order valence-corrected chi connectivity index (χ2v) is 5.27. The minimum absolute atomic E-state index is 0.0363. The highest BCUT2D eigenvalue weighted by Crippen LogP contribution is 2.29. The minimum atomic E-state index is -0.591. The van der Waals surface area contributed by atoms with Crippen molar-refractivity contribution < 1.29 is 19.1 Å². The Morgan fingerprint density at radius 1 is 1.36 bits per heavy atom. The Hall–Kier alpha value is -2.30. The van der Waals surface area contributed by atoms with Crippen LogP contribution in [-0.4, -0.2) is 36.7 Å². The number of hydrogen-bond donors (Lipinski definition) is 0. The van der Waals surface area contributed by atoms with Gasteiger partial charge in [-0.15, -0.1) is 6.58 Å². The van der Waals surface area contributed by atoms with Gasteiger partial charge in [0.25, 0.3) is 0 Å². The van der Waals surface area contributed by atoms with E-state index in [1.54, 1.807) is 6.08 Å². The van der Waals surface area contributed by atoms with Crippen molar-refractivity contribution in [1.82, 2.24) is 4.90 Å². The molecule has 5 nitrogen and oxygen atoms in total. The second-order valence-electron chi connectivity index (χ2n) is 5.27. The smallest absolute Gasteiger partial charge is 0.410 e. The van der Waals surface area contributed by atoms with Crippen LogP contribution < -0.4 is 0 Å². The molecule has 118 valence electrons. The Labute approximate surface area is 130 Å². The molecule has 0 bridgehead atoms. The highest BCUT2D eigenvalue weighted by molar-refractivity contribution is 5.82. The van der Waals surface area contributed by atoms with Crippen LogP contribution in [0.3, 0.4) is 0 Å². The number of benzene rings is 1. The molecular formula is C17H21NO4. The summed E-state index contributed by atoms with van der Waals surface area (Å²) < 4.78 is 10.1. The van der Waals surface area contributed by atoms with Crippen LogP contribution in [0.15, 0.2) is 43.0 Å². The van der Waals surface area contributed by atoms with E-state index in [1.165, 1.54) is 12.0 Å². The maximum atomic E-state index is 12.3. The molecular weight excluding hydrogens is 282 g/mol. The summed E-state index contributed by atoms with van der Waals surface area (Å²) in [6.07, 6.45) is 2.69. The van der Waals surface area contributed by atoms with Crippen molar-refractivity contribution in [3.8, 4) is 0 Å². The fraction of sp³-hybridized carbons (Fsp3) is 0.412. The van der Waals surface area contributed by atoms with Crippen molar-refractivity contribution in [3.63, 3.8) is 0 Å². The van der Waals surface area contributed by atoms with E-state index in [0.29, 0.717) is 13.0 Å². The first-order valence-corrected chi connectivity index (χ1v) is 7.33. The summed E-state index contributed by atoms with van der Waals surface area (Å²) in [7, 11) is 1.33. The lowest BCUT2D eigenvalue weighted by molar-refractivity contribution is -0.146. The molecule has 0 radical (unpaired) electrons. The standard InChI is InChI=1S/C17H21NO4/c1-3-7-14-10-11-18(15(14)16(19)21-2)17(20)22-12-13-8-5-4-6-9-13/h3-6,8-9,14-15H,1,7,10-12H2,2H3/t14-,15-/m1/s1. The first-order valence-electron chi connectivity index (χ1n) is 7.33. The minimum Gasteiger partial charge on any atom is -0.467 e. The predicted octanol–water partition coefficient (Wildman–Crippen LogP) is 2.76. The highest BCUT2D eigenvalue weighted by atomic mass is 16.6. The first kappa shape index (κ1) is 16.1. The molecule has 1 saturated heterocycles. The molecule has 2 atom stereocenters. The van der Waals surface area contributed by atoms with Gasteiger partial charge in [-0.2, -0.15) is 0 Å². The largest absolute Gasteiger partial charge is 0.467 e. The first-order chi connectivity index (χ1) is 10.7. The van der Waals surface area contributed by atoms with Crippen LogP contribution in [0.2, 0.25) is 0 Å². The van der Waals surface area contributed by atoms with E-state index >= 15 is 0 Å². The quantitative estimate of drug-likeness (QED) is 0.620. The van der Waals surface area contributed by atoms with Gasteiger partial charge in [-0.05, 0) is 24.3 Å². The van der Waals surface area contributed by atoms with Crippen LogP contribution in [0.4, 0.5) is 4.79 Å². The van der Waals surface area contributed by atoms with Gasteiger partial charge in [0.2, 0.25) is 0 Å². The molecule has 22 heavy (non-hydrogen) atoms. The van der Waals surface area contributed by atoms with Gasteiger partial charge < -0.3 is 9.47 Å². The van der Waals surface area contributed by atoms with Gasteiger partial charge in [-0.25, -0.2) is 9.59 Å². The van der Waals surface area contributed by atoms with E-state index in [2.05, 4.69) is 6.58 Å². The molecule has 2 rings (SSSR count). The zero-order valence-corrected chi connectivity index (χ0v) is 12.7.